The molecule has 0 atom stereocenters. The molecule has 0 aromatic rings. The molecule has 0 aromatic heterocycles. The van der Waals surface area contributed by atoms with Crippen LogP contribution in [0.4, 0.5) is 0 Å². The SMILES string of the molecule is CC1(C)CCCC(CO)=C1CCO. The molecule has 0 heterocycles. The van der Waals surface area contributed by atoms with Crippen LogP contribution in [-0.2, 0) is 0 Å². The van der Waals surface area contributed by atoms with Crippen molar-refractivity contribution in [2.45, 2.75) is 39.5 Å². The van der Waals surface area contributed by atoms with Gasteiger partial charge in [0.15, 0.2) is 0 Å². The Morgan fingerprint density at radius 3 is 2.54 bits per heavy atom. The van der Waals surface area contributed by atoms with Crippen molar-refractivity contribution in [2.75, 3.05) is 13.2 Å². The van der Waals surface area contributed by atoms with E-state index in [2.05, 4.69) is 13.8 Å². The summed E-state index contributed by atoms with van der Waals surface area (Å²) in [6, 6.07) is 0. The lowest BCUT2D eigenvalue weighted by molar-refractivity contribution is 0.258. The Bertz CT molecular complexity index is 204. The lowest BCUT2D eigenvalue weighted by Gasteiger charge is -2.34. The molecule has 0 aliphatic heterocycles. The van der Waals surface area contributed by atoms with Gasteiger partial charge in [-0.2, -0.15) is 0 Å². The monoisotopic (exact) mass is 184 g/mol. The largest absolute Gasteiger partial charge is 0.396 e. The number of rotatable bonds is 3. The van der Waals surface area contributed by atoms with E-state index in [0.29, 0.717) is 0 Å². The highest BCUT2D eigenvalue weighted by Crippen LogP contribution is 2.41. The maximum atomic E-state index is 9.18. The van der Waals surface area contributed by atoms with Crippen LogP contribution in [0.2, 0.25) is 0 Å². The van der Waals surface area contributed by atoms with Gasteiger partial charge < -0.3 is 10.2 Å². The van der Waals surface area contributed by atoms with Crippen molar-refractivity contribution in [2.24, 2.45) is 5.41 Å². The van der Waals surface area contributed by atoms with Gasteiger partial charge >= 0.3 is 0 Å². The van der Waals surface area contributed by atoms with Crippen molar-refractivity contribution >= 4 is 0 Å². The van der Waals surface area contributed by atoms with Crippen LogP contribution in [0.1, 0.15) is 39.5 Å². The molecular weight excluding hydrogens is 164 g/mol. The van der Waals surface area contributed by atoms with Crippen LogP contribution in [-0.4, -0.2) is 23.4 Å². The summed E-state index contributed by atoms with van der Waals surface area (Å²) < 4.78 is 0. The average molecular weight is 184 g/mol. The molecule has 0 spiro atoms. The van der Waals surface area contributed by atoms with Crippen molar-refractivity contribution in [3.05, 3.63) is 11.1 Å². The van der Waals surface area contributed by atoms with Gasteiger partial charge in [0.05, 0.1) is 6.61 Å². The van der Waals surface area contributed by atoms with E-state index in [1.165, 1.54) is 12.0 Å². The quantitative estimate of drug-likeness (QED) is 0.657. The Morgan fingerprint density at radius 1 is 1.31 bits per heavy atom. The molecular formula is C11H20O2. The number of hydrogen-bond donors (Lipinski definition) is 2. The van der Waals surface area contributed by atoms with Gasteiger partial charge in [-0.1, -0.05) is 19.4 Å². The van der Waals surface area contributed by atoms with Gasteiger partial charge in [0.2, 0.25) is 0 Å². The molecule has 0 aromatic carbocycles. The Morgan fingerprint density at radius 2 is 2.00 bits per heavy atom. The maximum Gasteiger partial charge on any atom is 0.0644 e. The summed E-state index contributed by atoms with van der Waals surface area (Å²) >= 11 is 0. The molecule has 1 aliphatic rings. The van der Waals surface area contributed by atoms with Crippen molar-refractivity contribution in [1.82, 2.24) is 0 Å². The average Bonchev–Trinajstić information content (AvgIpc) is 2.08. The normalized spacial score (nSPS) is 22.2. The topological polar surface area (TPSA) is 40.5 Å². The lowest BCUT2D eigenvalue weighted by Crippen LogP contribution is -2.23. The van der Waals surface area contributed by atoms with Crippen molar-refractivity contribution in [3.8, 4) is 0 Å². The third-order valence-corrected chi connectivity index (χ3v) is 3.08. The summed E-state index contributed by atoms with van der Waals surface area (Å²) in [7, 11) is 0. The van der Waals surface area contributed by atoms with E-state index in [1.54, 1.807) is 0 Å². The molecule has 0 saturated carbocycles. The van der Waals surface area contributed by atoms with E-state index in [4.69, 9.17) is 5.11 Å². The molecule has 0 saturated heterocycles. The third kappa shape index (κ3) is 2.32. The van der Waals surface area contributed by atoms with Gasteiger partial charge in [-0.15, -0.1) is 0 Å². The van der Waals surface area contributed by atoms with Crippen LogP contribution in [0, 0.1) is 5.41 Å². The molecule has 13 heavy (non-hydrogen) atoms. The number of hydrogen-bond acceptors (Lipinski definition) is 2. The Hall–Kier alpha value is -0.340. The first-order chi connectivity index (χ1) is 6.11. The highest BCUT2D eigenvalue weighted by molar-refractivity contribution is 5.24. The second-order valence-electron chi connectivity index (χ2n) is 4.45. The van der Waals surface area contributed by atoms with Gasteiger partial charge in [0.1, 0.15) is 0 Å². The summed E-state index contributed by atoms with van der Waals surface area (Å²) in [6.07, 6.45) is 4.07. The predicted molar refractivity (Wildman–Crippen MR) is 53.4 cm³/mol. The highest BCUT2D eigenvalue weighted by atomic mass is 16.3. The van der Waals surface area contributed by atoms with E-state index < -0.39 is 0 Å². The summed E-state index contributed by atoms with van der Waals surface area (Å²) in [5, 5.41) is 18.1. The molecule has 1 rings (SSSR count). The van der Waals surface area contributed by atoms with Gasteiger partial charge in [0.25, 0.3) is 0 Å². The first-order valence-corrected chi connectivity index (χ1v) is 5.05. The van der Waals surface area contributed by atoms with E-state index in [9.17, 15) is 5.11 Å². The van der Waals surface area contributed by atoms with Crippen molar-refractivity contribution < 1.29 is 10.2 Å². The highest BCUT2D eigenvalue weighted by Gasteiger charge is 2.28. The lowest BCUT2D eigenvalue weighted by atomic mass is 9.71. The van der Waals surface area contributed by atoms with Crippen molar-refractivity contribution in [1.29, 1.82) is 0 Å². The maximum absolute atomic E-state index is 9.18. The Balaban J connectivity index is 2.90. The molecule has 0 unspecified atom stereocenters. The summed E-state index contributed by atoms with van der Waals surface area (Å²) in [6.45, 7) is 4.76. The van der Waals surface area contributed by atoms with Crippen molar-refractivity contribution in [3.63, 3.8) is 0 Å². The minimum atomic E-state index is 0.165. The third-order valence-electron chi connectivity index (χ3n) is 3.08. The molecule has 1 aliphatic carbocycles. The fourth-order valence-electron chi connectivity index (χ4n) is 2.33. The molecule has 2 heteroatoms. The summed E-state index contributed by atoms with van der Waals surface area (Å²) in [5.74, 6) is 0. The van der Waals surface area contributed by atoms with Crippen LogP contribution in [0.15, 0.2) is 11.1 Å². The summed E-state index contributed by atoms with van der Waals surface area (Å²) in [5.41, 5.74) is 2.62. The predicted octanol–water partition coefficient (Wildman–Crippen LogP) is 1.87. The molecule has 0 amide bonds. The van der Waals surface area contributed by atoms with E-state index >= 15 is 0 Å². The van der Waals surface area contributed by atoms with Crippen LogP contribution in [0.3, 0.4) is 0 Å². The second-order valence-corrected chi connectivity index (χ2v) is 4.45. The second kappa shape index (κ2) is 4.25. The van der Waals surface area contributed by atoms with Gasteiger partial charge in [0, 0.05) is 6.61 Å². The van der Waals surface area contributed by atoms with Gasteiger partial charge in [-0.25, -0.2) is 0 Å². The molecule has 2 N–H and O–H groups in total. The molecule has 76 valence electrons. The molecule has 2 nitrogen and oxygen atoms in total. The van der Waals surface area contributed by atoms with E-state index in [1.807, 2.05) is 0 Å². The number of aliphatic hydroxyl groups excluding tert-OH is 2. The summed E-state index contributed by atoms with van der Waals surface area (Å²) in [4.78, 5) is 0. The number of aliphatic hydroxyl groups is 2. The van der Waals surface area contributed by atoms with Crippen LogP contribution in [0.25, 0.3) is 0 Å². The van der Waals surface area contributed by atoms with Gasteiger partial charge in [-0.3, -0.25) is 0 Å². The van der Waals surface area contributed by atoms with Crippen LogP contribution in [0.5, 0.6) is 0 Å². The standard InChI is InChI=1S/C11H20O2/c1-11(2)6-3-4-9(8-13)10(11)5-7-12/h12-13H,3-8H2,1-2H3. The minimum Gasteiger partial charge on any atom is -0.396 e. The smallest absolute Gasteiger partial charge is 0.0644 e. The van der Waals surface area contributed by atoms with E-state index in [-0.39, 0.29) is 18.6 Å². The molecule has 0 bridgehead atoms. The fraction of sp³-hybridized carbons (Fsp3) is 0.818. The zero-order chi connectivity index (χ0) is 9.90. The Kier molecular flexibility index (Phi) is 3.51. The Labute approximate surface area is 80.3 Å². The zero-order valence-electron chi connectivity index (χ0n) is 8.64. The first kappa shape index (κ1) is 10.7. The molecule has 0 fully saturated rings. The first-order valence-electron chi connectivity index (χ1n) is 5.05. The van der Waals surface area contributed by atoms with Crippen LogP contribution < -0.4 is 0 Å². The van der Waals surface area contributed by atoms with E-state index in [0.717, 1.165) is 24.8 Å². The minimum absolute atomic E-state index is 0.165. The molecule has 0 radical (unpaired) electrons. The fourth-order valence-corrected chi connectivity index (χ4v) is 2.33. The zero-order valence-corrected chi connectivity index (χ0v) is 8.64. The van der Waals surface area contributed by atoms with Gasteiger partial charge in [-0.05, 0) is 36.7 Å². The van der Waals surface area contributed by atoms with Crippen LogP contribution >= 0.6 is 0 Å².